The van der Waals surface area contributed by atoms with Gasteiger partial charge in [-0.2, -0.15) is 0 Å². The zero-order chi connectivity index (χ0) is 14.0. The van der Waals surface area contributed by atoms with E-state index in [1.807, 2.05) is 7.11 Å². The third-order valence-electron chi connectivity index (χ3n) is 5.25. The standard InChI is InChI=1S/C18H27NO/c1-3-19-17(13-18(20-2)10-5-11-18)16-9-8-14-6-4-7-15(14)12-16/h8-9,12,17,19H,3-7,10-11,13H2,1-2H3. The molecule has 1 saturated carbocycles. The van der Waals surface area contributed by atoms with E-state index in [9.17, 15) is 0 Å². The lowest BCUT2D eigenvalue weighted by molar-refractivity contribution is -0.0837. The first-order valence-electron chi connectivity index (χ1n) is 8.16. The monoisotopic (exact) mass is 273 g/mol. The predicted molar refractivity (Wildman–Crippen MR) is 83.1 cm³/mol. The van der Waals surface area contributed by atoms with Gasteiger partial charge in [-0.25, -0.2) is 0 Å². The van der Waals surface area contributed by atoms with Crippen LogP contribution in [-0.2, 0) is 17.6 Å². The fraction of sp³-hybridized carbons (Fsp3) is 0.667. The molecule has 1 aromatic carbocycles. The van der Waals surface area contributed by atoms with Gasteiger partial charge in [-0.1, -0.05) is 25.1 Å². The first kappa shape index (κ1) is 14.1. The van der Waals surface area contributed by atoms with Crippen LogP contribution in [-0.4, -0.2) is 19.3 Å². The number of aryl methyl sites for hydroxylation is 2. The Morgan fingerprint density at radius 2 is 2.00 bits per heavy atom. The molecular weight excluding hydrogens is 246 g/mol. The normalized spacial score (nSPS) is 21.3. The van der Waals surface area contributed by atoms with Gasteiger partial charge in [0.1, 0.15) is 0 Å². The summed E-state index contributed by atoms with van der Waals surface area (Å²) in [7, 11) is 1.88. The van der Waals surface area contributed by atoms with Crippen molar-refractivity contribution in [1.82, 2.24) is 5.32 Å². The van der Waals surface area contributed by atoms with Gasteiger partial charge in [0, 0.05) is 13.2 Å². The Kier molecular flexibility index (Phi) is 4.13. The number of benzene rings is 1. The summed E-state index contributed by atoms with van der Waals surface area (Å²) in [6, 6.07) is 7.56. The fourth-order valence-electron chi connectivity index (χ4n) is 3.80. The predicted octanol–water partition coefficient (Wildman–Crippen LogP) is 3.79. The van der Waals surface area contributed by atoms with Crippen molar-refractivity contribution in [3.8, 4) is 0 Å². The van der Waals surface area contributed by atoms with Crippen molar-refractivity contribution < 1.29 is 4.74 Å². The van der Waals surface area contributed by atoms with Crippen molar-refractivity contribution in [3.05, 3.63) is 34.9 Å². The molecule has 2 aliphatic carbocycles. The molecule has 2 heteroatoms. The summed E-state index contributed by atoms with van der Waals surface area (Å²) in [6.45, 7) is 3.21. The molecule has 0 spiro atoms. The molecule has 1 atom stereocenters. The zero-order valence-electron chi connectivity index (χ0n) is 12.9. The second kappa shape index (κ2) is 5.87. The summed E-state index contributed by atoms with van der Waals surface area (Å²) in [6.07, 6.45) is 8.72. The number of nitrogens with one attached hydrogen (secondary N) is 1. The maximum absolute atomic E-state index is 5.82. The number of hydrogen-bond acceptors (Lipinski definition) is 2. The van der Waals surface area contributed by atoms with Gasteiger partial charge in [-0.3, -0.25) is 0 Å². The molecule has 0 aliphatic heterocycles. The maximum Gasteiger partial charge on any atom is 0.0697 e. The van der Waals surface area contributed by atoms with E-state index in [0.29, 0.717) is 6.04 Å². The van der Waals surface area contributed by atoms with Crippen molar-refractivity contribution >= 4 is 0 Å². The van der Waals surface area contributed by atoms with Gasteiger partial charge in [-0.15, -0.1) is 0 Å². The maximum atomic E-state index is 5.82. The van der Waals surface area contributed by atoms with E-state index >= 15 is 0 Å². The van der Waals surface area contributed by atoms with Crippen LogP contribution in [0.3, 0.4) is 0 Å². The lowest BCUT2D eigenvalue weighted by Crippen LogP contribution is -2.42. The van der Waals surface area contributed by atoms with Crippen molar-refractivity contribution in [2.75, 3.05) is 13.7 Å². The second-order valence-electron chi connectivity index (χ2n) is 6.44. The number of hydrogen-bond donors (Lipinski definition) is 1. The zero-order valence-corrected chi connectivity index (χ0v) is 12.9. The van der Waals surface area contributed by atoms with Crippen molar-refractivity contribution in [2.45, 2.75) is 63.5 Å². The highest BCUT2D eigenvalue weighted by Crippen LogP contribution is 2.42. The van der Waals surface area contributed by atoms with Gasteiger partial charge < -0.3 is 10.1 Å². The highest BCUT2D eigenvalue weighted by atomic mass is 16.5. The van der Waals surface area contributed by atoms with Crippen LogP contribution < -0.4 is 5.32 Å². The van der Waals surface area contributed by atoms with Crippen LogP contribution in [0.25, 0.3) is 0 Å². The van der Waals surface area contributed by atoms with E-state index in [1.165, 1.54) is 44.1 Å². The minimum atomic E-state index is 0.131. The van der Waals surface area contributed by atoms with Crippen LogP contribution in [0.15, 0.2) is 18.2 Å². The van der Waals surface area contributed by atoms with Gasteiger partial charge in [0.25, 0.3) is 0 Å². The Balaban J connectivity index is 1.79. The minimum Gasteiger partial charge on any atom is -0.378 e. The number of methoxy groups -OCH3 is 1. The Morgan fingerprint density at radius 3 is 2.65 bits per heavy atom. The van der Waals surface area contributed by atoms with Crippen molar-refractivity contribution in [2.24, 2.45) is 0 Å². The molecule has 0 heterocycles. The quantitative estimate of drug-likeness (QED) is 0.851. The van der Waals surface area contributed by atoms with Crippen LogP contribution in [0.1, 0.15) is 61.8 Å². The highest BCUT2D eigenvalue weighted by Gasteiger charge is 2.39. The van der Waals surface area contributed by atoms with E-state index in [0.717, 1.165) is 13.0 Å². The Morgan fingerprint density at radius 1 is 1.20 bits per heavy atom. The van der Waals surface area contributed by atoms with E-state index in [1.54, 1.807) is 11.1 Å². The smallest absolute Gasteiger partial charge is 0.0697 e. The summed E-state index contributed by atoms with van der Waals surface area (Å²) >= 11 is 0. The lowest BCUT2D eigenvalue weighted by Gasteiger charge is -2.43. The fourth-order valence-corrected chi connectivity index (χ4v) is 3.80. The molecule has 20 heavy (non-hydrogen) atoms. The van der Waals surface area contributed by atoms with E-state index in [4.69, 9.17) is 4.74 Å². The first-order valence-corrected chi connectivity index (χ1v) is 8.16. The van der Waals surface area contributed by atoms with E-state index < -0.39 is 0 Å². The average molecular weight is 273 g/mol. The van der Waals surface area contributed by atoms with Crippen LogP contribution in [0.4, 0.5) is 0 Å². The molecule has 1 fully saturated rings. The van der Waals surface area contributed by atoms with Gasteiger partial charge in [0.15, 0.2) is 0 Å². The Labute approximate surface area is 122 Å². The molecule has 0 saturated heterocycles. The van der Waals surface area contributed by atoms with Gasteiger partial charge in [-0.05, 0) is 68.2 Å². The molecule has 1 aromatic rings. The van der Waals surface area contributed by atoms with Gasteiger partial charge >= 0.3 is 0 Å². The molecule has 0 bridgehead atoms. The molecule has 2 aliphatic rings. The number of rotatable bonds is 6. The molecule has 3 rings (SSSR count). The van der Waals surface area contributed by atoms with Crippen LogP contribution in [0.5, 0.6) is 0 Å². The van der Waals surface area contributed by atoms with Crippen molar-refractivity contribution in [3.63, 3.8) is 0 Å². The Hall–Kier alpha value is -0.860. The minimum absolute atomic E-state index is 0.131. The summed E-state index contributed by atoms with van der Waals surface area (Å²) in [5.41, 5.74) is 4.72. The third-order valence-corrected chi connectivity index (χ3v) is 5.25. The van der Waals surface area contributed by atoms with Crippen LogP contribution in [0.2, 0.25) is 0 Å². The van der Waals surface area contributed by atoms with E-state index in [-0.39, 0.29) is 5.60 Å². The van der Waals surface area contributed by atoms with Crippen LogP contribution >= 0.6 is 0 Å². The van der Waals surface area contributed by atoms with Crippen molar-refractivity contribution in [1.29, 1.82) is 0 Å². The number of ether oxygens (including phenoxy) is 1. The third kappa shape index (κ3) is 2.64. The Bertz CT molecular complexity index is 459. The average Bonchev–Trinajstić information content (AvgIpc) is 2.89. The molecule has 0 amide bonds. The second-order valence-corrected chi connectivity index (χ2v) is 6.44. The summed E-state index contributed by atoms with van der Waals surface area (Å²) in [5, 5.41) is 3.67. The molecule has 1 N–H and O–H groups in total. The van der Waals surface area contributed by atoms with Crippen LogP contribution in [0, 0.1) is 0 Å². The topological polar surface area (TPSA) is 21.3 Å². The van der Waals surface area contributed by atoms with Gasteiger partial charge in [0.05, 0.1) is 5.60 Å². The molecule has 2 nitrogen and oxygen atoms in total. The molecular formula is C18H27NO. The summed E-state index contributed by atoms with van der Waals surface area (Å²) in [5.74, 6) is 0. The lowest BCUT2D eigenvalue weighted by atomic mass is 9.74. The molecule has 110 valence electrons. The number of fused-ring (bicyclic) bond motifs is 1. The van der Waals surface area contributed by atoms with E-state index in [2.05, 4.69) is 30.4 Å². The molecule has 1 unspecified atom stereocenters. The summed E-state index contributed by atoms with van der Waals surface area (Å²) in [4.78, 5) is 0. The highest BCUT2D eigenvalue weighted by molar-refractivity contribution is 5.36. The molecule has 0 aromatic heterocycles. The van der Waals surface area contributed by atoms with Gasteiger partial charge in [0.2, 0.25) is 0 Å². The molecule has 0 radical (unpaired) electrons. The SMILES string of the molecule is CCNC(CC1(OC)CCC1)c1ccc2c(c1)CCC2. The summed E-state index contributed by atoms with van der Waals surface area (Å²) < 4.78 is 5.82. The largest absolute Gasteiger partial charge is 0.378 e. The first-order chi connectivity index (χ1) is 9.76.